The molecule has 0 saturated carbocycles. The minimum atomic E-state index is 0.628. The van der Waals surface area contributed by atoms with Crippen molar-refractivity contribution in [2.45, 2.75) is 57.5 Å². The highest BCUT2D eigenvalue weighted by Gasteiger charge is 2.29. The van der Waals surface area contributed by atoms with Gasteiger partial charge in [-0.25, -0.2) is 4.98 Å². The maximum atomic E-state index is 5.47. The van der Waals surface area contributed by atoms with Crippen LogP contribution >= 0.6 is 0 Å². The third-order valence-corrected chi connectivity index (χ3v) is 7.90. The molecule has 6 nitrogen and oxygen atoms in total. The molecule has 0 N–H and O–H groups in total. The highest BCUT2D eigenvalue weighted by Crippen LogP contribution is 2.34. The molecule has 0 amide bonds. The second-order valence-corrected chi connectivity index (χ2v) is 10.1. The van der Waals surface area contributed by atoms with Crippen molar-refractivity contribution >= 4 is 5.65 Å². The molecule has 2 fully saturated rings. The van der Waals surface area contributed by atoms with Crippen molar-refractivity contribution in [3.05, 3.63) is 48.3 Å². The van der Waals surface area contributed by atoms with E-state index in [1.54, 1.807) is 14.2 Å². The van der Waals surface area contributed by atoms with E-state index in [9.17, 15) is 0 Å². The first-order valence-electron chi connectivity index (χ1n) is 12.7. The number of imidazole rings is 1. The first kappa shape index (κ1) is 23.2. The van der Waals surface area contributed by atoms with E-state index in [0.29, 0.717) is 12.0 Å². The number of benzene rings is 1. The Morgan fingerprint density at radius 1 is 0.853 bits per heavy atom. The summed E-state index contributed by atoms with van der Waals surface area (Å²) in [6.07, 6.45) is 9.54. The van der Waals surface area contributed by atoms with Gasteiger partial charge in [-0.1, -0.05) is 6.07 Å². The highest BCUT2D eigenvalue weighted by molar-refractivity contribution is 5.66. The molecule has 0 unspecified atom stereocenters. The van der Waals surface area contributed by atoms with Crippen molar-refractivity contribution in [1.82, 2.24) is 19.2 Å². The Kier molecular flexibility index (Phi) is 6.79. The Bertz CT molecular complexity index is 1110. The summed E-state index contributed by atoms with van der Waals surface area (Å²) in [5, 5.41) is 0. The Morgan fingerprint density at radius 2 is 1.59 bits per heavy atom. The molecular weight excluding hydrogens is 424 g/mol. The van der Waals surface area contributed by atoms with Gasteiger partial charge in [-0.15, -0.1) is 0 Å². The van der Waals surface area contributed by atoms with Crippen LogP contribution in [0.2, 0.25) is 0 Å². The van der Waals surface area contributed by atoms with Crippen molar-refractivity contribution in [1.29, 1.82) is 0 Å². The number of pyridine rings is 1. The van der Waals surface area contributed by atoms with E-state index in [1.165, 1.54) is 57.4 Å². The first-order chi connectivity index (χ1) is 16.6. The second-order valence-electron chi connectivity index (χ2n) is 10.1. The van der Waals surface area contributed by atoms with Gasteiger partial charge in [0.05, 0.1) is 19.9 Å². The first-order valence-corrected chi connectivity index (χ1v) is 12.7. The molecule has 0 atom stereocenters. The van der Waals surface area contributed by atoms with Gasteiger partial charge in [0.15, 0.2) is 11.5 Å². The molecule has 182 valence electrons. The lowest BCUT2D eigenvalue weighted by Crippen LogP contribution is -2.48. The number of methoxy groups -OCH3 is 2. The standard InChI is InChI=1S/C28H38N4O2/c1-20(2)30-15-11-24(12-16-30)31-13-9-21(10-14-31)23-6-8-28-29-25(19-32(28)18-23)22-5-7-26(33-3)27(17-22)34-4/h5-8,17-21,24H,9-16H2,1-4H3. The second kappa shape index (κ2) is 9.96. The molecule has 0 aliphatic carbocycles. The normalized spacial score (nSPS) is 19.2. The number of fused-ring (bicyclic) bond motifs is 1. The van der Waals surface area contributed by atoms with Crippen LogP contribution < -0.4 is 9.47 Å². The van der Waals surface area contributed by atoms with Crippen molar-refractivity contribution < 1.29 is 9.47 Å². The predicted octanol–water partition coefficient (Wildman–Crippen LogP) is 5.07. The highest BCUT2D eigenvalue weighted by atomic mass is 16.5. The Morgan fingerprint density at radius 3 is 2.26 bits per heavy atom. The molecule has 0 bridgehead atoms. The average Bonchev–Trinajstić information content (AvgIpc) is 3.32. The van der Waals surface area contributed by atoms with Crippen LogP contribution in [-0.4, -0.2) is 71.7 Å². The summed E-state index contributed by atoms with van der Waals surface area (Å²) in [6, 6.07) is 11.8. The lowest BCUT2D eigenvalue weighted by atomic mass is 9.88. The van der Waals surface area contributed by atoms with E-state index in [-0.39, 0.29) is 0 Å². The van der Waals surface area contributed by atoms with Gasteiger partial charge in [-0.05, 0) is 101 Å². The maximum absolute atomic E-state index is 5.47. The summed E-state index contributed by atoms with van der Waals surface area (Å²) in [4.78, 5) is 10.2. The van der Waals surface area contributed by atoms with Crippen molar-refractivity contribution in [2.75, 3.05) is 40.4 Å². The minimum Gasteiger partial charge on any atom is -0.493 e. The summed E-state index contributed by atoms with van der Waals surface area (Å²) in [5.74, 6) is 2.08. The fourth-order valence-corrected chi connectivity index (χ4v) is 5.75. The Labute approximate surface area is 203 Å². The van der Waals surface area contributed by atoms with Crippen LogP contribution in [0.15, 0.2) is 42.7 Å². The van der Waals surface area contributed by atoms with Crippen LogP contribution in [0.25, 0.3) is 16.9 Å². The van der Waals surface area contributed by atoms with Crippen molar-refractivity contribution in [3.8, 4) is 22.8 Å². The summed E-state index contributed by atoms with van der Waals surface area (Å²) in [6.45, 7) is 9.58. The van der Waals surface area contributed by atoms with Gasteiger partial charge in [0.1, 0.15) is 5.65 Å². The van der Waals surface area contributed by atoms with Crippen molar-refractivity contribution in [2.24, 2.45) is 0 Å². The van der Waals surface area contributed by atoms with E-state index in [4.69, 9.17) is 14.5 Å². The topological polar surface area (TPSA) is 42.2 Å². The lowest BCUT2D eigenvalue weighted by Gasteiger charge is -2.42. The molecule has 1 aromatic carbocycles. The van der Waals surface area contributed by atoms with Crippen molar-refractivity contribution in [3.63, 3.8) is 0 Å². The third kappa shape index (κ3) is 4.66. The lowest BCUT2D eigenvalue weighted by molar-refractivity contribution is 0.0753. The third-order valence-electron chi connectivity index (χ3n) is 7.90. The zero-order chi connectivity index (χ0) is 23.7. The zero-order valence-corrected chi connectivity index (χ0v) is 21.0. The zero-order valence-electron chi connectivity index (χ0n) is 21.0. The SMILES string of the molecule is COc1ccc(-c2cn3cc(C4CCN(C5CCN(C(C)C)CC5)CC4)ccc3n2)cc1OC. The van der Waals surface area contributed by atoms with E-state index >= 15 is 0 Å². The molecule has 2 aliphatic heterocycles. The number of aromatic nitrogens is 2. The van der Waals surface area contributed by atoms with E-state index in [2.05, 4.69) is 52.6 Å². The summed E-state index contributed by atoms with van der Waals surface area (Å²) in [5.41, 5.74) is 4.38. The van der Waals surface area contributed by atoms with Crippen LogP contribution in [0.3, 0.4) is 0 Å². The Hall–Kier alpha value is -2.57. The van der Waals surface area contributed by atoms with E-state index in [1.807, 2.05) is 18.2 Å². The van der Waals surface area contributed by atoms with Crippen LogP contribution in [0.4, 0.5) is 0 Å². The number of likely N-dealkylation sites (tertiary alicyclic amines) is 2. The van der Waals surface area contributed by atoms with Gasteiger partial charge in [-0.3, -0.25) is 0 Å². The fraction of sp³-hybridized carbons (Fsp3) is 0.536. The molecule has 4 heterocycles. The largest absolute Gasteiger partial charge is 0.493 e. The predicted molar refractivity (Wildman–Crippen MR) is 137 cm³/mol. The molecule has 3 aromatic rings. The molecule has 6 heteroatoms. The number of piperidine rings is 2. The minimum absolute atomic E-state index is 0.628. The number of rotatable bonds is 6. The molecule has 5 rings (SSSR count). The summed E-state index contributed by atoms with van der Waals surface area (Å²) in [7, 11) is 3.32. The van der Waals surface area contributed by atoms with Gasteiger partial charge in [-0.2, -0.15) is 0 Å². The van der Waals surface area contributed by atoms with Gasteiger partial charge >= 0.3 is 0 Å². The van der Waals surface area contributed by atoms with Gasteiger partial charge in [0, 0.05) is 30.0 Å². The van der Waals surface area contributed by atoms with Crippen LogP contribution in [-0.2, 0) is 0 Å². The fourth-order valence-electron chi connectivity index (χ4n) is 5.75. The number of hydrogen-bond donors (Lipinski definition) is 0. The van der Waals surface area contributed by atoms with Gasteiger partial charge < -0.3 is 23.7 Å². The van der Waals surface area contributed by atoms with Gasteiger partial charge in [0.25, 0.3) is 0 Å². The monoisotopic (exact) mass is 462 g/mol. The number of nitrogens with zero attached hydrogens (tertiary/aromatic N) is 4. The maximum Gasteiger partial charge on any atom is 0.161 e. The summed E-state index contributed by atoms with van der Waals surface area (Å²) >= 11 is 0. The molecule has 2 aromatic heterocycles. The van der Waals surface area contributed by atoms with Crippen LogP contribution in [0, 0.1) is 0 Å². The van der Waals surface area contributed by atoms with Crippen LogP contribution in [0.5, 0.6) is 11.5 Å². The van der Waals surface area contributed by atoms with E-state index < -0.39 is 0 Å². The molecule has 34 heavy (non-hydrogen) atoms. The molecule has 2 saturated heterocycles. The molecule has 0 radical (unpaired) electrons. The molecule has 2 aliphatic rings. The quantitative estimate of drug-likeness (QED) is 0.512. The molecule has 0 spiro atoms. The molecular formula is C28H38N4O2. The van der Waals surface area contributed by atoms with E-state index in [0.717, 1.165) is 34.4 Å². The van der Waals surface area contributed by atoms with Gasteiger partial charge in [0.2, 0.25) is 0 Å². The average molecular weight is 463 g/mol. The summed E-state index contributed by atoms with van der Waals surface area (Å²) < 4.78 is 13.0. The number of ether oxygens (including phenoxy) is 2. The number of hydrogen-bond acceptors (Lipinski definition) is 5. The smallest absolute Gasteiger partial charge is 0.161 e. The Balaban J connectivity index is 1.25. The van der Waals surface area contributed by atoms with Crippen LogP contribution in [0.1, 0.15) is 51.0 Å².